The summed E-state index contributed by atoms with van der Waals surface area (Å²) >= 11 is 11.5. The number of nitrogens with zero attached hydrogens (tertiary/aromatic N) is 1. The smallest absolute Gasteiger partial charge is 0.221 e. The van der Waals surface area contributed by atoms with Gasteiger partial charge in [0.2, 0.25) is 5.91 Å². The summed E-state index contributed by atoms with van der Waals surface area (Å²) in [5.74, 6) is 1.01. The lowest BCUT2D eigenvalue weighted by Gasteiger charge is -2.23. The van der Waals surface area contributed by atoms with Crippen LogP contribution in [0.25, 0.3) is 0 Å². The molecule has 0 heterocycles. The Bertz CT molecular complexity index is 365. The van der Waals surface area contributed by atoms with E-state index in [-0.39, 0.29) is 5.91 Å². The molecule has 0 saturated carbocycles. The van der Waals surface area contributed by atoms with Crippen molar-refractivity contribution in [3.63, 3.8) is 0 Å². The summed E-state index contributed by atoms with van der Waals surface area (Å²) in [7, 11) is 0. The number of nitrogens with one attached hydrogen (secondary N) is 1. The third-order valence-electron chi connectivity index (χ3n) is 2.24. The second-order valence-electron chi connectivity index (χ2n) is 3.60. The number of alkyl halides is 2. The minimum Gasteiger partial charge on any atom is -0.369 e. The molecule has 0 radical (unpaired) electrons. The fourth-order valence-corrected chi connectivity index (χ4v) is 1.97. The van der Waals surface area contributed by atoms with Crippen LogP contribution in [0.5, 0.6) is 0 Å². The Labute approximate surface area is 112 Å². The van der Waals surface area contributed by atoms with Gasteiger partial charge < -0.3 is 10.2 Å². The minimum absolute atomic E-state index is 0.0802. The predicted molar refractivity (Wildman–Crippen MR) is 74.4 cm³/mol. The van der Waals surface area contributed by atoms with Crippen LogP contribution in [0.3, 0.4) is 0 Å². The number of carbonyl (C=O) groups is 1. The van der Waals surface area contributed by atoms with Crippen LogP contribution in [0.1, 0.15) is 6.92 Å². The van der Waals surface area contributed by atoms with Crippen LogP contribution in [-0.4, -0.2) is 30.8 Å². The van der Waals surface area contributed by atoms with Gasteiger partial charge in [0.05, 0.1) is 0 Å². The molecule has 0 spiro atoms. The molecule has 0 unspecified atom stereocenters. The summed E-state index contributed by atoms with van der Waals surface area (Å²) in [5.41, 5.74) is 1.79. The van der Waals surface area contributed by atoms with Crippen molar-refractivity contribution in [2.75, 3.05) is 35.1 Å². The van der Waals surface area contributed by atoms with E-state index in [0.29, 0.717) is 11.8 Å². The number of carbonyl (C=O) groups excluding carboxylic acids is 1. The highest BCUT2D eigenvalue weighted by Gasteiger charge is 2.06. The summed E-state index contributed by atoms with van der Waals surface area (Å²) in [4.78, 5) is 13.1. The van der Waals surface area contributed by atoms with Crippen molar-refractivity contribution in [2.24, 2.45) is 0 Å². The number of hydrogen-bond donors (Lipinski definition) is 1. The first-order valence-corrected chi connectivity index (χ1v) is 6.49. The van der Waals surface area contributed by atoms with E-state index in [2.05, 4.69) is 10.2 Å². The molecule has 1 amide bonds. The topological polar surface area (TPSA) is 32.3 Å². The molecular weight excluding hydrogens is 259 g/mol. The maximum absolute atomic E-state index is 11.0. The molecule has 0 fully saturated rings. The van der Waals surface area contributed by atoms with Gasteiger partial charge in [-0.05, 0) is 18.2 Å². The zero-order valence-corrected chi connectivity index (χ0v) is 11.3. The number of halogens is 2. The molecule has 1 rings (SSSR count). The largest absolute Gasteiger partial charge is 0.369 e. The highest BCUT2D eigenvalue weighted by Crippen LogP contribution is 2.19. The van der Waals surface area contributed by atoms with Gasteiger partial charge in [-0.2, -0.15) is 0 Å². The van der Waals surface area contributed by atoms with Gasteiger partial charge in [0.1, 0.15) is 0 Å². The van der Waals surface area contributed by atoms with Crippen LogP contribution < -0.4 is 10.2 Å². The van der Waals surface area contributed by atoms with Crippen molar-refractivity contribution in [1.29, 1.82) is 0 Å². The third kappa shape index (κ3) is 4.84. The van der Waals surface area contributed by atoms with Gasteiger partial charge in [-0.25, -0.2) is 0 Å². The Morgan fingerprint density at radius 2 is 1.94 bits per heavy atom. The predicted octanol–water partition coefficient (Wildman–Crippen LogP) is 2.93. The fourth-order valence-electron chi connectivity index (χ4n) is 1.56. The fraction of sp³-hybridized carbons (Fsp3) is 0.417. The zero-order valence-electron chi connectivity index (χ0n) is 9.75. The third-order valence-corrected chi connectivity index (χ3v) is 2.58. The SMILES string of the molecule is CC(=O)Nc1cccc(N(CCCl)CCCl)c1. The van der Waals surface area contributed by atoms with E-state index in [0.717, 1.165) is 24.5 Å². The first kappa shape index (κ1) is 14.1. The van der Waals surface area contributed by atoms with Crippen molar-refractivity contribution in [1.82, 2.24) is 0 Å². The van der Waals surface area contributed by atoms with E-state index < -0.39 is 0 Å². The van der Waals surface area contributed by atoms with Gasteiger partial charge in [-0.1, -0.05) is 6.07 Å². The Balaban J connectivity index is 2.83. The van der Waals surface area contributed by atoms with Gasteiger partial charge in [0.25, 0.3) is 0 Å². The molecule has 1 aromatic rings. The van der Waals surface area contributed by atoms with Gasteiger partial charge >= 0.3 is 0 Å². The van der Waals surface area contributed by atoms with Crippen molar-refractivity contribution in [3.8, 4) is 0 Å². The molecule has 0 aromatic heterocycles. The molecule has 1 N–H and O–H groups in total. The number of rotatable bonds is 6. The van der Waals surface area contributed by atoms with E-state index in [4.69, 9.17) is 23.2 Å². The summed E-state index contributed by atoms with van der Waals surface area (Å²) < 4.78 is 0. The lowest BCUT2D eigenvalue weighted by atomic mass is 10.2. The van der Waals surface area contributed by atoms with Crippen LogP contribution in [0.4, 0.5) is 11.4 Å². The monoisotopic (exact) mass is 274 g/mol. The van der Waals surface area contributed by atoms with Crippen LogP contribution in [0.2, 0.25) is 0 Å². The first-order chi connectivity index (χ1) is 8.17. The molecule has 17 heavy (non-hydrogen) atoms. The average molecular weight is 275 g/mol. The van der Waals surface area contributed by atoms with Crippen molar-refractivity contribution in [3.05, 3.63) is 24.3 Å². The molecule has 0 aliphatic rings. The molecule has 0 bridgehead atoms. The van der Waals surface area contributed by atoms with Gasteiger partial charge in [0, 0.05) is 43.1 Å². The normalized spacial score (nSPS) is 10.1. The average Bonchev–Trinajstić information content (AvgIpc) is 2.28. The van der Waals surface area contributed by atoms with Crippen LogP contribution in [-0.2, 0) is 4.79 Å². The first-order valence-electron chi connectivity index (χ1n) is 5.42. The lowest BCUT2D eigenvalue weighted by Crippen LogP contribution is -2.27. The van der Waals surface area contributed by atoms with Crippen LogP contribution in [0.15, 0.2) is 24.3 Å². The Morgan fingerprint density at radius 1 is 1.29 bits per heavy atom. The van der Waals surface area contributed by atoms with Gasteiger partial charge in [0.15, 0.2) is 0 Å². The minimum atomic E-state index is -0.0802. The lowest BCUT2D eigenvalue weighted by molar-refractivity contribution is -0.114. The summed E-state index contributed by atoms with van der Waals surface area (Å²) in [6.07, 6.45) is 0. The summed E-state index contributed by atoms with van der Waals surface area (Å²) in [6, 6.07) is 7.64. The molecule has 0 saturated heterocycles. The maximum atomic E-state index is 11.0. The van der Waals surface area contributed by atoms with Crippen molar-refractivity contribution in [2.45, 2.75) is 6.92 Å². The molecule has 94 valence electrons. The zero-order chi connectivity index (χ0) is 12.7. The van der Waals surface area contributed by atoms with Crippen molar-refractivity contribution >= 4 is 40.5 Å². The molecule has 0 aliphatic carbocycles. The number of hydrogen-bond acceptors (Lipinski definition) is 2. The molecule has 5 heteroatoms. The van der Waals surface area contributed by atoms with Crippen molar-refractivity contribution < 1.29 is 4.79 Å². The maximum Gasteiger partial charge on any atom is 0.221 e. The van der Waals surface area contributed by atoms with E-state index in [1.54, 1.807) is 0 Å². The Hall–Kier alpha value is -0.930. The quantitative estimate of drug-likeness (QED) is 0.809. The molecule has 1 aromatic carbocycles. The molecular formula is C12H16Cl2N2O. The number of amides is 1. The van der Waals surface area contributed by atoms with Gasteiger partial charge in [-0.15, -0.1) is 23.2 Å². The standard InChI is InChI=1S/C12H16Cl2N2O/c1-10(17)15-11-3-2-4-12(9-11)16(7-5-13)8-6-14/h2-4,9H,5-8H2,1H3,(H,15,17). The van der Waals surface area contributed by atoms with Crippen LogP contribution >= 0.6 is 23.2 Å². The van der Waals surface area contributed by atoms with E-state index in [1.807, 2.05) is 24.3 Å². The second-order valence-corrected chi connectivity index (χ2v) is 4.35. The second kappa shape index (κ2) is 7.41. The van der Waals surface area contributed by atoms with E-state index in [1.165, 1.54) is 6.92 Å². The molecule has 0 aliphatic heterocycles. The summed E-state index contributed by atoms with van der Waals surface area (Å²) in [6.45, 7) is 2.96. The van der Waals surface area contributed by atoms with E-state index in [9.17, 15) is 4.79 Å². The Kier molecular flexibility index (Phi) is 6.16. The molecule has 0 atom stereocenters. The number of anilines is 2. The van der Waals surface area contributed by atoms with E-state index >= 15 is 0 Å². The number of benzene rings is 1. The highest BCUT2D eigenvalue weighted by atomic mass is 35.5. The van der Waals surface area contributed by atoms with Gasteiger partial charge in [-0.3, -0.25) is 4.79 Å². The Morgan fingerprint density at radius 3 is 2.47 bits per heavy atom. The highest BCUT2D eigenvalue weighted by molar-refractivity contribution is 6.18. The summed E-state index contributed by atoms with van der Waals surface area (Å²) in [5, 5.41) is 2.75. The van der Waals surface area contributed by atoms with Crippen LogP contribution in [0, 0.1) is 0 Å². The molecule has 3 nitrogen and oxygen atoms in total.